The molecule has 1 unspecified atom stereocenters. The quantitative estimate of drug-likeness (QED) is 0.641. The van der Waals surface area contributed by atoms with Crippen molar-refractivity contribution in [2.24, 2.45) is 0 Å². The van der Waals surface area contributed by atoms with Crippen molar-refractivity contribution in [1.29, 1.82) is 0 Å². The van der Waals surface area contributed by atoms with E-state index in [0.717, 1.165) is 38.4 Å². The molecule has 26 heavy (non-hydrogen) atoms. The van der Waals surface area contributed by atoms with Gasteiger partial charge in [0.15, 0.2) is 0 Å². The average molecular weight is 381 g/mol. The van der Waals surface area contributed by atoms with Gasteiger partial charge in [0, 0.05) is 37.6 Å². The summed E-state index contributed by atoms with van der Waals surface area (Å²) in [6, 6.07) is 6.29. The molecule has 0 bridgehead atoms. The fourth-order valence-corrected chi connectivity index (χ4v) is 3.37. The van der Waals surface area contributed by atoms with Gasteiger partial charge in [0.25, 0.3) is 0 Å². The third-order valence-electron chi connectivity index (χ3n) is 4.52. The van der Waals surface area contributed by atoms with Gasteiger partial charge >= 0.3 is 12.0 Å². The van der Waals surface area contributed by atoms with Crippen LogP contribution in [0.3, 0.4) is 0 Å². The van der Waals surface area contributed by atoms with Gasteiger partial charge in [-0.15, -0.1) is 0 Å². The number of rotatable bonds is 8. The monoisotopic (exact) mass is 380 g/mol. The van der Waals surface area contributed by atoms with E-state index in [1.165, 1.54) is 0 Å². The number of carboxylic acid groups (broad SMARTS) is 1. The Kier molecular flexibility index (Phi) is 8.06. The van der Waals surface area contributed by atoms with Crippen molar-refractivity contribution < 1.29 is 14.7 Å². The summed E-state index contributed by atoms with van der Waals surface area (Å²) in [7, 11) is 0. The van der Waals surface area contributed by atoms with Crippen molar-refractivity contribution in [2.75, 3.05) is 54.9 Å². The molecule has 144 valence electrons. The van der Waals surface area contributed by atoms with Gasteiger partial charge < -0.3 is 25.5 Å². The molecule has 1 aromatic carbocycles. The van der Waals surface area contributed by atoms with Gasteiger partial charge in [0.05, 0.1) is 0 Å². The number of carbonyl (C=O) groups excluding carboxylic acids is 1. The van der Waals surface area contributed by atoms with Crippen LogP contribution in [0.15, 0.2) is 24.3 Å². The summed E-state index contributed by atoms with van der Waals surface area (Å²) in [6.45, 7) is 7.38. The van der Waals surface area contributed by atoms with E-state index in [2.05, 4.69) is 27.4 Å². The zero-order chi connectivity index (χ0) is 18.9. The number of thioether (sulfide) groups is 1. The molecular formula is C18H28N4O3S. The van der Waals surface area contributed by atoms with Gasteiger partial charge in [0.1, 0.15) is 6.04 Å². The molecular weight excluding hydrogens is 352 g/mol. The summed E-state index contributed by atoms with van der Waals surface area (Å²) in [6.07, 6.45) is 2.30. The maximum absolute atomic E-state index is 12.0. The number of likely N-dealkylation sites (N-methyl/N-ethyl adjacent to an activating group) is 1. The number of aliphatic carboxylic acids is 1. The Labute approximate surface area is 159 Å². The lowest BCUT2D eigenvalue weighted by Crippen LogP contribution is -2.46. The van der Waals surface area contributed by atoms with E-state index >= 15 is 0 Å². The summed E-state index contributed by atoms with van der Waals surface area (Å²) in [5.74, 6) is -0.340. The van der Waals surface area contributed by atoms with Gasteiger partial charge in [-0.25, -0.2) is 9.59 Å². The van der Waals surface area contributed by atoms with E-state index in [1.54, 1.807) is 11.8 Å². The van der Waals surface area contributed by atoms with Crippen molar-refractivity contribution in [3.05, 3.63) is 24.3 Å². The second kappa shape index (κ2) is 10.3. The minimum Gasteiger partial charge on any atom is -0.480 e. The Bertz CT molecular complexity index is 589. The molecule has 1 fully saturated rings. The minimum atomic E-state index is -1.02. The van der Waals surface area contributed by atoms with Crippen LogP contribution in [0.2, 0.25) is 0 Å². The summed E-state index contributed by atoms with van der Waals surface area (Å²) < 4.78 is 0. The second-order valence-electron chi connectivity index (χ2n) is 6.24. The molecule has 1 aromatic rings. The van der Waals surface area contributed by atoms with Gasteiger partial charge in [0.2, 0.25) is 0 Å². The fraction of sp³-hybridized carbons (Fsp3) is 0.556. The number of anilines is 2. The number of benzene rings is 1. The normalized spacial score (nSPS) is 16.2. The first-order valence-electron chi connectivity index (χ1n) is 8.90. The highest BCUT2D eigenvalue weighted by atomic mass is 32.2. The molecule has 0 saturated carbocycles. The Balaban J connectivity index is 1.86. The van der Waals surface area contributed by atoms with E-state index in [-0.39, 0.29) is 0 Å². The molecule has 0 aromatic heterocycles. The fourth-order valence-electron chi connectivity index (χ4n) is 2.90. The standard InChI is InChI=1S/C18H28N4O3S/c1-3-21-9-11-22(12-10-21)15-6-4-14(5-7-15)19-18(25)20-16(17(23)24)8-13-26-2/h4-7,16H,3,8-13H2,1-2H3,(H,23,24)(H2,19,20,25). The van der Waals surface area contributed by atoms with Crippen LogP contribution >= 0.6 is 11.8 Å². The molecule has 0 spiro atoms. The number of hydrogen-bond acceptors (Lipinski definition) is 5. The van der Waals surface area contributed by atoms with Gasteiger partial charge in [-0.05, 0) is 49.2 Å². The smallest absolute Gasteiger partial charge is 0.326 e. The van der Waals surface area contributed by atoms with Crippen LogP contribution in [0.4, 0.5) is 16.2 Å². The van der Waals surface area contributed by atoms with E-state index in [4.69, 9.17) is 0 Å². The topological polar surface area (TPSA) is 84.9 Å². The SMILES string of the molecule is CCN1CCN(c2ccc(NC(=O)NC(CCSC)C(=O)O)cc2)CC1. The van der Waals surface area contributed by atoms with Crippen LogP contribution in [0.1, 0.15) is 13.3 Å². The molecule has 8 heteroatoms. The van der Waals surface area contributed by atoms with Gasteiger partial charge in [-0.2, -0.15) is 11.8 Å². The van der Waals surface area contributed by atoms with Crippen molar-refractivity contribution in [1.82, 2.24) is 10.2 Å². The zero-order valence-corrected chi connectivity index (χ0v) is 16.2. The summed E-state index contributed by atoms with van der Waals surface area (Å²) >= 11 is 1.55. The highest BCUT2D eigenvalue weighted by Crippen LogP contribution is 2.19. The van der Waals surface area contributed by atoms with Crippen molar-refractivity contribution in [2.45, 2.75) is 19.4 Å². The zero-order valence-electron chi connectivity index (χ0n) is 15.4. The molecule has 1 atom stereocenters. The largest absolute Gasteiger partial charge is 0.480 e. The number of urea groups is 1. The van der Waals surface area contributed by atoms with E-state index < -0.39 is 18.0 Å². The maximum Gasteiger partial charge on any atom is 0.326 e. The summed E-state index contributed by atoms with van der Waals surface area (Å²) in [5.41, 5.74) is 1.78. The number of amides is 2. The van der Waals surface area contributed by atoms with E-state index in [9.17, 15) is 14.7 Å². The minimum absolute atomic E-state index is 0.395. The molecule has 1 aliphatic rings. The molecule has 1 aliphatic heterocycles. The average Bonchev–Trinajstić information content (AvgIpc) is 2.65. The van der Waals surface area contributed by atoms with Crippen LogP contribution in [-0.4, -0.2) is 72.8 Å². The van der Waals surface area contributed by atoms with Crippen LogP contribution in [0.25, 0.3) is 0 Å². The third-order valence-corrected chi connectivity index (χ3v) is 5.17. The second-order valence-corrected chi connectivity index (χ2v) is 7.22. The number of nitrogens with zero attached hydrogens (tertiary/aromatic N) is 2. The number of hydrogen-bond donors (Lipinski definition) is 3. The molecule has 1 saturated heterocycles. The Hall–Kier alpha value is -1.93. The number of nitrogens with one attached hydrogen (secondary N) is 2. The third kappa shape index (κ3) is 6.10. The molecule has 3 N–H and O–H groups in total. The Morgan fingerprint density at radius 1 is 1.19 bits per heavy atom. The molecule has 7 nitrogen and oxygen atoms in total. The van der Waals surface area contributed by atoms with Crippen molar-refractivity contribution in [3.63, 3.8) is 0 Å². The number of carboxylic acids is 1. The van der Waals surface area contributed by atoms with Crippen molar-refractivity contribution >= 4 is 35.1 Å². The first kappa shape index (κ1) is 20.4. The lowest BCUT2D eigenvalue weighted by Gasteiger charge is -2.35. The van der Waals surface area contributed by atoms with Crippen LogP contribution in [0.5, 0.6) is 0 Å². The van der Waals surface area contributed by atoms with Gasteiger partial charge in [-0.1, -0.05) is 6.92 Å². The first-order valence-corrected chi connectivity index (χ1v) is 10.3. The number of piperazine rings is 1. The highest BCUT2D eigenvalue weighted by Gasteiger charge is 2.19. The molecule has 2 amide bonds. The van der Waals surface area contributed by atoms with Crippen molar-refractivity contribution in [3.8, 4) is 0 Å². The van der Waals surface area contributed by atoms with E-state index in [1.807, 2.05) is 30.5 Å². The lowest BCUT2D eigenvalue weighted by molar-refractivity contribution is -0.139. The predicted molar refractivity (Wildman–Crippen MR) is 107 cm³/mol. The van der Waals surface area contributed by atoms with Gasteiger partial charge in [-0.3, -0.25) is 0 Å². The van der Waals surface area contributed by atoms with E-state index in [0.29, 0.717) is 17.9 Å². The molecule has 1 heterocycles. The molecule has 2 rings (SSSR count). The highest BCUT2D eigenvalue weighted by molar-refractivity contribution is 7.98. The lowest BCUT2D eigenvalue weighted by atomic mass is 10.2. The van der Waals surface area contributed by atoms with Crippen LogP contribution < -0.4 is 15.5 Å². The van der Waals surface area contributed by atoms with Crippen LogP contribution in [-0.2, 0) is 4.79 Å². The Morgan fingerprint density at radius 2 is 1.85 bits per heavy atom. The molecule has 0 radical (unpaired) electrons. The van der Waals surface area contributed by atoms with Crippen LogP contribution in [0, 0.1) is 0 Å². The first-order chi connectivity index (χ1) is 12.5. The summed E-state index contributed by atoms with van der Waals surface area (Å²) in [5, 5.41) is 14.4. The number of carbonyl (C=O) groups is 2. The Morgan fingerprint density at radius 3 is 2.38 bits per heavy atom. The molecule has 0 aliphatic carbocycles. The predicted octanol–water partition coefficient (Wildman–Crippen LogP) is 2.16. The summed E-state index contributed by atoms with van der Waals surface area (Å²) in [4.78, 5) is 28.0. The maximum atomic E-state index is 12.0.